The van der Waals surface area contributed by atoms with Crippen LogP contribution in [0.4, 0.5) is 11.4 Å². The highest BCUT2D eigenvalue weighted by Gasteiger charge is 2.32. The maximum Gasteiger partial charge on any atom is 0.236 e. The van der Waals surface area contributed by atoms with Crippen molar-refractivity contribution in [2.24, 2.45) is 0 Å². The fourth-order valence-electron chi connectivity index (χ4n) is 3.48. The van der Waals surface area contributed by atoms with E-state index in [0.717, 1.165) is 16.7 Å². The molecule has 5 nitrogen and oxygen atoms in total. The van der Waals surface area contributed by atoms with Gasteiger partial charge in [0.1, 0.15) is 11.5 Å². The largest absolute Gasteiger partial charge is 0.457 e. The number of carbonyl (C=O) groups excluding carboxylic acids is 2. The molecule has 1 aliphatic heterocycles. The first kappa shape index (κ1) is 18.7. The maximum atomic E-state index is 13.4. The molecule has 4 rings (SSSR count). The highest BCUT2D eigenvalue weighted by Crippen LogP contribution is 2.44. The highest BCUT2D eigenvalue weighted by atomic mass is 16.5. The van der Waals surface area contributed by atoms with Gasteiger partial charge in [0.2, 0.25) is 11.8 Å². The molecule has 2 amide bonds. The molecule has 29 heavy (non-hydrogen) atoms. The predicted molar refractivity (Wildman–Crippen MR) is 114 cm³/mol. The summed E-state index contributed by atoms with van der Waals surface area (Å²) in [6.07, 6.45) is 0.394. The molecule has 3 aromatic rings. The van der Waals surface area contributed by atoms with Crippen LogP contribution < -0.4 is 15.4 Å². The van der Waals surface area contributed by atoms with Crippen LogP contribution in [-0.4, -0.2) is 11.8 Å². The molecule has 0 atom stereocenters. The van der Waals surface area contributed by atoms with E-state index in [0.29, 0.717) is 29.3 Å². The molecule has 146 valence electrons. The first-order valence-electron chi connectivity index (χ1n) is 9.64. The average Bonchev–Trinajstić information content (AvgIpc) is 2.74. The van der Waals surface area contributed by atoms with E-state index in [-0.39, 0.29) is 11.8 Å². The van der Waals surface area contributed by atoms with E-state index >= 15 is 0 Å². The second kappa shape index (κ2) is 7.80. The van der Waals surface area contributed by atoms with Gasteiger partial charge >= 0.3 is 0 Å². The summed E-state index contributed by atoms with van der Waals surface area (Å²) in [5.41, 5.74) is 3.91. The van der Waals surface area contributed by atoms with Crippen LogP contribution in [0.15, 0.2) is 66.7 Å². The number of nitrogens with one attached hydrogen (secondary N) is 2. The molecule has 1 aliphatic rings. The molecule has 0 unspecified atom stereocenters. The summed E-state index contributed by atoms with van der Waals surface area (Å²) in [4.78, 5) is 25.1. The van der Waals surface area contributed by atoms with E-state index in [1.807, 2.05) is 67.6 Å². The van der Waals surface area contributed by atoms with Crippen LogP contribution in [0.3, 0.4) is 0 Å². The van der Waals surface area contributed by atoms with Crippen molar-refractivity contribution in [2.45, 2.75) is 26.2 Å². The number of ether oxygens (including phenoxy) is 1. The molecule has 0 radical (unpaired) electrons. The van der Waals surface area contributed by atoms with Crippen molar-refractivity contribution >= 4 is 23.2 Å². The third-order valence-electron chi connectivity index (χ3n) is 5.04. The van der Waals surface area contributed by atoms with Gasteiger partial charge in [0.05, 0.1) is 5.92 Å². The molecular weight excluding hydrogens is 364 g/mol. The Morgan fingerprint density at radius 3 is 2.14 bits per heavy atom. The van der Waals surface area contributed by atoms with Gasteiger partial charge < -0.3 is 15.4 Å². The van der Waals surface area contributed by atoms with E-state index in [4.69, 9.17) is 4.74 Å². The van der Waals surface area contributed by atoms with E-state index in [1.165, 1.54) is 0 Å². The Labute approximate surface area is 169 Å². The molecule has 1 heterocycles. The molecule has 0 aliphatic carbocycles. The molecule has 0 bridgehead atoms. The first-order chi connectivity index (χ1) is 14.1. The summed E-state index contributed by atoms with van der Waals surface area (Å²) in [6.45, 7) is 3.72. The predicted octanol–water partition coefficient (Wildman–Crippen LogP) is 5.22. The number of aryl methyl sites for hydroxylation is 1. The van der Waals surface area contributed by atoms with Crippen molar-refractivity contribution in [3.05, 3.63) is 83.4 Å². The fraction of sp³-hybridized carbons (Fsp3) is 0.167. The maximum absolute atomic E-state index is 13.4. The summed E-state index contributed by atoms with van der Waals surface area (Å²) >= 11 is 0. The number of hydrogen-bond acceptors (Lipinski definition) is 3. The Bertz CT molecular complexity index is 1050. The van der Waals surface area contributed by atoms with Crippen LogP contribution in [0.2, 0.25) is 0 Å². The monoisotopic (exact) mass is 386 g/mol. The molecule has 0 fully saturated rings. The summed E-state index contributed by atoms with van der Waals surface area (Å²) in [5, 5.41) is 5.88. The smallest absolute Gasteiger partial charge is 0.236 e. The van der Waals surface area contributed by atoms with Gasteiger partial charge in [-0.1, -0.05) is 49.4 Å². The third-order valence-corrected chi connectivity index (χ3v) is 5.04. The summed E-state index contributed by atoms with van der Waals surface area (Å²) < 4.78 is 5.98. The van der Waals surface area contributed by atoms with Crippen molar-refractivity contribution < 1.29 is 14.3 Å². The normalized spacial score (nSPS) is 12.3. The topological polar surface area (TPSA) is 67.4 Å². The fourth-order valence-corrected chi connectivity index (χ4v) is 3.48. The van der Waals surface area contributed by atoms with Gasteiger partial charge in [0.15, 0.2) is 0 Å². The second-order valence-electron chi connectivity index (χ2n) is 7.03. The molecule has 0 saturated carbocycles. The zero-order chi connectivity index (χ0) is 20.4. The van der Waals surface area contributed by atoms with Crippen molar-refractivity contribution in [3.63, 3.8) is 0 Å². The molecule has 5 heteroatoms. The summed E-state index contributed by atoms with van der Waals surface area (Å²) in [7, 11) is 0. The Morgan fingerprint density at radius 2 is 1.52 bits per heavy atom. The van der Waals surface area contributed by atoms with Gasteiger partial charge in [0.25, 0.3) is 0 Å². The molecule has 3 aromatic carbocycles. The number of benzene rings is 3. The second-order valence-corrected chi connectivity index (χ2v) is 7.03. The summed E-state index contributed by atoms with van der Waals surface area (Å²) in [5.74, 6) is 0.678. The standard InChI is InChI=1S/C24H22N2O3/c1-3-22(27)25-16-13-12-15(2)19(14-16)26-24(28)23-17-8-4-6-10-20(17)29-21-11-7-5-9-18(21)23/h4-14,23H,3H2,1-2H3,(H,25,27)(H,26,28). The van der Waals surface area contributed by atoms with Gasteiger partial charge in [-0.25, -0.2) is 0 Å². The van der Waals surface area contributed by atoms with E-state index in [2.05, 4.69) is 10.6 Å². The number of fused-ring (bicyclic) bond motifs is 2. The lowest BCUT2D eigenvalue weighted by Crippen LogP contribution is -2.25. The zero-order valence-corrected chi connectivity index (χ0v) is 16.4. The zero-order valence-electron chi connectivity index (χ0n) is 16.4. The van der Waals surface area contributed by atoms with E-state index in [9.17, 15) is 9.59 Å². The van der Waals surface area contributed by atoms with Crippen molar-refractivity contribution in [1.29, 1.82) is 0 Å². The van der Waals surface area contributed by atoms with Crippen LogP contribution in [0, 0.1) is 6.92 Å². The van der Waals surface area contributed by atoms with Gasteiger partial charge in [-0.2, -0.15) is 0 Å². The minimum absolute atomic E-state index is 0.0709. The Kier molecular flexibility index (Phi) is 5.04. The van der Waals surface area contributed by atoms with E-state index < -0.39 is 5.92 Å². The van der Waals surface area contributed by atoms with Crippen LogP contribution >= 0.6 is 0 Å². The Balaban J connectivity index is 1.68. The van der Waals surface area contributed by atoms with Gasteiger partial charge in [0, 0.05) is 28.9 Å². The molecule has 0 aromatic heterocycles. The van der Waals surface area contributed by atoms with E-state index in [1.54, 1.807) is 13.0 Å². The number of anilines is 2. The SMILES string of the molecule is CCC(=O)Nc1ccc(C)c(NC(=O)C2c3ccccc3Oc3ccccc32)c1. The van der Waals surface area contributed by atoms with Gasteiger partial charge in [-0.3, -0.25) is 9.59 Å². The summed E-state index contributed by atoms with van der Waals surface area (Å²) in [6, 6.07) is 20.7. The van der Waals surface area contributed by atoms with Crippen molar-refractivity contribution in [1.82, 2.24) is 0 Å². The minimum Gasteiger partial charge on any atom is -0.457 e. The van der Waals surface area contributed by atoms with Crippen molar-refractivity contribution in [2.75, 3.05) is 10.6 Å². The lowest BCUT2D eigenvalue weighted by atomic mass is 9.87. The lowest BCUT2D eigenvalue weighted by molar-refractivity contribution is -0.117. The number of amides is 2. The number of rotatable bonds is 4. The highest BCUT2D eigenvalue weighted by molar-refractivity contribution is 6.01. The number of carbonyl (C=O) groups is 2. The van der Waals surface area contributed by atoms with Crippen molar-refractivity contribution in [3.8, 4) is 11.5 Å². The average molecular weight is 386 g/mol. The van der Waals surface area contributed by atoms with Crippen LogP contribution in [0.5, 0.6) is 11.5 Å². The number of hydrogen-bond donors (Lipinski definition) is 2. The third kappa shape index (κ3) is 3.72. The molecule has 0 saturated heterocycles. The molecule has 2 N–H and O–H groups in total. The van der Waals surface area contributed by atoms with Gasteiger partial charge in [-0.05, 0) is 36.8 Å². The number of para-hydroxylation sites is 2. The van der Waals surface area contributed by atoms with Crippen LogP contribution in [-0.2, 0) is 9.59 Å². The Morgan fingerprint density at radius 1 is 0.897 bits per heavy atom. The lowest BCUT2D eigenvalue weighted by Gasteiger charge is -2.27. The first-order valence-corrected chi connectivity index (χ1v) is 9.64. The molecule has 0 spiro atoms. The molecular formula is C24H22N2O3. The quantitative estimate of drug-likeness (QED) is 0.646. The Hall–Kier alpha value is -3.60. The van der Waals surface area contributed by atoms with Gasteiger partial charge in [-0.15, -0.1) is 0 Å². The van der Waals surface area contributed by atoms with Crippen LogP contribution in [0.25, 0.3) is 0 Å². The minimum atomic E-state index is -0.482. The van der Waals surface area contributed by atoms with Crippen LogP contribution in [0.1, 0.15) is 36.0 Å².